The maximum atomic E-state index is 12.8. The van der Waals surface area contributed by atoms with Crippen LogP contribution in [-0.2, 0) is 16.2 Å². The van der Waals surface area contributed by atoms with Crippen LogP contribution in [0.15, 0.2) is 71.6 Å². The van der Waals surface area contributed by atoms with Gasteiger partial charge in [-0.05, 0) is 59.8 Å². The van der Waals surface area contributed by atoms with Gasteiger partial charge in [-0.15, -0.1) is 0 Å². The van der Waals surface area contributed by atoms with Crippen molar-refractivity contribution >= 4 is 63.8 Å². The molecule has 3 amide bonds. The van der Waals surface area contributed by atoms with Crippen LogP contribution in [0.5, 0.6) is 11.5 Å². The van der Waals surface area contributed by atoms with Crippen molar-refractivity contribution < 1.29 is 23.9 Å². The summed E-state index contributed by atoms with van der Waals surface area (Å²) in [7, 11) is 1.48. The lowest BCUT2D eigenvalue weighted by Crippen LogP contribution is -2.36. The van der Waals surface area contributed by atoms with E-state index in [1.54, 1.807) is 48.5 Å². The van der Waals surface area contributed by atoms with Gasteiger partial charge in [-0.2, -0.15) is 0 Å². The Morgan fingerprint density at radius 3 is 2.58 bits per heavy atom. The number of carbonyl (C=O) groups excluding carboxylic acids is 3. The molecule has 1 heterocycles. The van der Waals surface area contributed by atoms with E-state index in [1.165, 1.54) is 13.2 Å². The number of nitrogens with one attached hydrogen (secondary N) is 1. The zero-order valence-corrected chi connectivity index (χ0v) is 21.3. The Hall–Kier alpha value is -3.46. The predicted octanol–water partition coefficient (Wildman–Crippen LogP) is 6.26. The molecule has 3 aromatic carbocycles. The smallest absolute Gasteiger partial charge is 0.294 e. The molecule has 0 aromatic heterocycles. The Morgan fingerprint density at radius 1 is 1.03 bits per heavy atom. The SMILES string of the molecule is COc1ccc(NC(=O)CN2C(=O)S/C(=C/c3cccc(OCc4ccccc4Cl)c3)C2=O)cc1Cl. The van der Waals surface area contributed by atoms with Crippen molar-refractivity contribution in [2.45, 2.75) is 6.61 Å². The molecule has 0 bridgehead atoms. The fourth-order valence-electron chi connectivity index (χ4n) is 3.35. The lowest BCUT2D eigenvalue weighted by Gasteiger charge is -2.13. The highest BCUT2D eigenvalue weighted by molar-refractivity contribution is 8.18. The number of imide groups is 1. The zero-order valence-electron chi connectivity index (χ0n) is 19.0. The van der Waals surface area contributed by atoms with Crippen LogP contribution in [0, 0.1) is 0 Å². The summed E-state index contributed by atoms with van der Waals surface area (Å²) in [6.07, 6.45) is 1.59. The number of hydrogen-bond acceptors (Lipinski definition) is 6. The largest absolute Gasteiger partial charge is 0.495 e. The first-order valence-corrected chi connectivity index (χ1v) is 12.3. The molecule has 36 heavy (non-hydrogen) atoms. The van der Waals surface area contributed by atoms with Gasteiger partial charge in [-0.25, -0.2) is 0 Å². The van der Waals surface area contributed by atoms with Crippen LogP contribution in [0.25, 0.3) is 6.08 Å². The van der Waals surface area contributed by atoms with Gasteiger partial charge in [-0.3, -0.25) is 19.3 Å². The highest BCUT2D eigenvalue weighted by atomic mass is 35.5. The second kappa shape index (κ2) is 11.5. The van der Waals surface area contributed by atoms with Crippen LogP contribution in [-0.4, -0.2) is 35.6 Å². The van der Waals surface area contributed by atoms with Crippen molar-refractivity contribution in [3.63, 3.8) is 0 Å². The van der Waals surface area contributed by atoms with E-state index in [2.05, 4.69) is 5.32 Å². The number of nitrogens with zero attached hydrogens (tertiary/aromatic N) is 1. The van der Waals surface area contributed by atoms with Crippen LogP contribution in [0.4, 0.5) is 10.5 Å². The van der Waals surface area contributed by atoms with Gasteiger partial charge in [0.25, 0.3) is 11.1 Å². The molecule has 1 fully saturated rings. The van der Waals surface area contributed by atoms with Crippen LogP contribution in [0.3, 0.4) is 0 Å². The van der Waals surface area contributed by atoms with Crippen LogP contribution >= 0.6 is 35.0 Å². The normalized spacial score (nSPS) is 14.3. The van der Waals surface area contributed by atoms with Crippen molar-refractivity contribution in [2.24, 2.45) is 0 Å². The molecule has 0 atom stereocenters. The maximum absolute atomic E-state index is 12.8. The molecular weight excluding hydrogens is 523 g/mol. The molecule has 3 aromatic rings. The Morgan fingerprint density at radius 2 is 1.83 bits per heavy atom. The van der Waals surface area contributed by atoms with E-state index < -0.39 is 23.6 Å². The van der Waals surface area contributed by atoms with Crippen molar-refractivity contribution in [1.29, 1.82) is 0 Å². The zero-order chi connectivity index (χ0) is 25.7. The van der Waals surface area contributed by atoms with Gasteiger partial charge in [0, 0.05) is 16.3 Å². The lowest BCUT2D eigenvalue weighted by atomic mass is 10.2. The molecule has 1 aliphatic heterocycles. The highest BCUT2D eigenvalue weighted by Crippen LogP contribution is 2.33. The number of amides is 3. The van der Waals surface area contributed by atoms with Crippen molar-refractivity contribution in [2.75, 3.05) is 19.0 Å². The van der Waals surface area contributed by atoms with E-state index in [0.717, 1.165) is 22.2 Å². The molecular formula is C26H20Cl2N2O5S. The minimum Gasteiger partial charge on any atom is -0.495 e. The second-order valence-corrected chi connectivity index (χ2v) is 9.43. The molecule has 1 saturated heterocycles. The molecule has 0 aliphatic carbocycles. The summed E-state index contributed by atoms with van der Waals surface area (Å²) in [5.41, 5.74) is 1.94. The van der Waals surface area contributed by atoms with Gasteiger partial charge in [0.05, 0.1) is 17.0 Å². The number of methoxy groups -OCH3 is 1. The summed E-state index contributed by atoms with van der Waals surface area (Å²) in [6, 6.07) is 19.2. The van der Waals surface area contributed by atoms with Gasteiger partial charge in [0.15, 0.2) is 0 Å². The first-order valence-electron chi connectivity index (χ1n) is 10.7. The number of ether oxygens (including phenoxy) is 2. The highest BCUT2D eigenvalue weighted by Gasteiger charge is 2.36. The summed E-state index contributed by atoms with van der Waals surface area (Å²) >= 11 is 13.0. The Kier molecular flexibility index (Phi) is 8.20. The fraction of sp³-hybridized carbons (Fsp3) is 0.115. The monoisotopic (exact) mass is 542 g/mol. The summed E-state index contributed by atoms with van der Waals surface area (Å²) in [6.45, 7) is -0.138. The second-order valence-electron chi connectivity index (χ2n) is 7.62. The molecule has 4 rings (SSSR count). The van der Waals surface area contributed by atoms with Gasteiger partial charge in [0.1, 0.15) is 24.7 Å². The van der Waals surface area contributed by atoms with E-state index in [4.69, 9.17) is 32.7 Å². The first kappa shape index (κ1) is 25.6. The molecule has 1 aliphatic rings. The van der Waals surface area contributed by atoms with Gasteiger partial charge < -0.3 is 14.8 Å². The number of rotatable bonds is 8. The maximum Gasteiger partial charge on any atom is 0.294 e. The number of halogens is 2. The molecule has 0 saturated carbocycles. The lowest BCUT2D eigenvalue weighted by molar-refractivity contribution is -0.127. The number of thioether (sulfide) groups is 1. The van der Waals surface area contributed by atoms with Gasteiger partial charge in [-0.1, -0.05) is 53.5 Å². The third-order valence-corrected chi connectivity index (χ3v) is 6.69. The van der Waals surface area contributed by atoms with E-state index in [1.807, 2.05) is 18.2 Å². The molecule has 0 spiro atoms. The third-order valence-electron chi connectivity index (χ3n) is 5.12. The average molecular weight is 543 g/mol. The standard InChI is InChI=1S/C26H20Cl2N2O5S/c1-34-22-10-9-18(13-21(22)28)29-24(31)14-30-25(32)23(36-26(30)33)12-16-5-4-7-19(11-16)35-15-17-6-2-3-8-20(17)27/h2-13H,14-15H2,1H3,(H,29,31)/b23-12+. The van der Waals surface area contributed by atoms with E-state index in [-0.39, 0.29) is 11.5 Å². The third kappa shape index (κ3) is 6.20. The minimum absolute atomic E-state index is 0.212. The Labute approximate surface area is 222 Å². The molecule has 0 radical (unpaired) electrons. The molecule has 184 valence electrons. The van der Waals surface area contributed by atoms with Crippen LogP contribution < -0.4 is 14.8 Å². The Balaban J connectivity index is 1.40. The topological polar surface area (TPSA) is 84.9 Å². The minimum atomic E-state index is -0.546. The average Bonchev–Trinajstić information content (AvgIpc) is 3.11. The van der Waals surface area contributed by atoms with Crippen molar-refractivity contribution in [3.8, 4) is 11.5 Å². The quantitative estimate of drug-likeness (QED) is 0.338. The number of hydrogen-bond donors (Lipinski definition) is 1. The predicted molar refractivity (Wildman–Crippen MR) is 142 cm³/mol. The first-order chi connectivity index (χ1) is 17.3. The molecule has 7 nitrogen and oxygen atoms in total. The Bertz CT molecular complexity index is 1360. The number of carbonyl (C=O) groups is 3. The van der Waals surface area contributed by atoms with Gasteiger partial charge >= 0.3 is 0 Å². The van der Waals surface area contributed by atoms with E-state index in [0.29, 0.717) is 32.8 Å². The van der Waals surface area contributed by atoms with Crippen molar-refractivity contribution in [3.05, 3.63) is 92.8 Å². The van der Waals surface area contributed by atoms with E-state index >= 15 is 0 Å². The number of benzene rings is 3. The molecule has 0 unspecified atom stereocenters. The molecule has 10 heteroatoms. The molecule has 1 N–H and O–H groups in total. The number of anilines is 1. The van der Waals surface area contributed by atoms with E-state index in [9.17, 15) is 14.4 Å². The summed E-state index contributed by atoms with van der Waals surface area (Å²) in [5, 5.41) is 3.03. The van der Waals surface area contributed by atoms with Crippen molar-refractivity contribution in [1.82, 2.24) is 4.90 Å². The summed E-state index contributed by atoms with van der Waals surface area (Å²) in [5.74, 6) is -0.0328. The summed E-state index contributed by atoms with van der Waals surface area (Å²) in [4.78, 5) is 38.8. The fourth-order valence-corrected chi connectivity index (χ4v) is 4.63. The van der Waals surface area contributed by atoms with Crippen LogP contribution in [0.2, 0.25) is 10.0 Å². The van der Waals surface area contributed by atoms with Crippen LogP contribution in [0.1, 0.15) is 11.1 Å². The summed E-state index contributed by atoms with van der Waals surface area (Å²) < 4.78 is 10.9. The van der Waals surface area contributed by atoms with Gasteiger partial charge in [0.2, 0.25) is 5.91 Å².